The summed E-state index contributed by atoms with van der Waals surface area (Å²) in [5.74, 6) is 0. The van der Waals surface area contributed by atoms with E-state index in [0.717, 1.165) is 0 Å². The summed E-state index contributed by atoms with van der Waals surface area (Å²) >= 11 is 0. The van der Waals surface area contributed by atoms with Crippen molar-refractivity contribution in [3.05, 3.63) is 0 Å². The Kier molecular flexibility index (Phi) is 2.22. The molecule has 1 saturated heterocycles. The third-order valence-electron chi connectivity index (χ3n) is 1.91. The van der Waals surface area contributed by atoms with Crippen LogP contribution in [0.15, 0.2) is 0 Å². The maximum atomic E-state index is 11.1. The fraction of sp³-hybridized carbons (Fsp3) is 1.00. The molecule has 0 aromatic carbocycles. The van der Waals surface area contributed by atoms with Gasteiger partial charge in [-0.05, 0) is 13.3 Å². The molecule has 1 aliphatic rings. The van der Waals surface area contributed by atoms with Crippen molar-refractivity contribution < 1.29 is 8.42 Å². The van der Waals surface area contributed by atoms with Crippen LogP contribution in [-0.4, -0.2) is 38.1 Å². The number of hydrazine groups is 1. The van der Waals surface area contributed by atoms with E-state index < -0.39 is 9.84 Å². The zero-order valence-corrected chi connectivity index (χ0v) is 7.85. The number of hydrogen-bond acceptors (Lipinski definition) is 4. The van der Waals surface area contributed by atoms with E-state index in [4.69, 9.17) is 0 Å². The second kappa shape index (κ2) is 2.73. The first-order valence-electron chi connectivity index (χ1n) is 3.59. The second-order valence-electron chi connectivity index (χ2n) is 3.16. The van der Waals surface area contributed by atoms with Crippen LogP contribution in [0, 0.1) is 0 Å². The molecule has 1 rings (SSSR count). The lowest BCUT2D eigenvalue weighted by molar-refractivity contribution is 0.273. The molecular formula is C6H14N2O2S. The van der Waals surface area contributed by atoms with Crippen molar-refractivity contribution in [3.8, 4) is 0 Å². The Morgan fingerprint density at radius 1 is 1.55 bits per heavy atom. The van der Waals surface area contributed by atoms with Crippen molar-refractivity contribution in [2.24, 2.45) is 0 Å². The van der Waals surface area contributed by atoms with E-state index in [1.54, 1.807) is 12.1 Å². The van der Waals surface area contributed by atoms with Crippen LogP contribution in [0.5, 0.6) is 0 Å². The van der Waals surface area contributed by atoms with E-state index in [1.807, 2.05) is 6.92 Å². The molecule has 0 spiro atoms. The molecule has 11 heavy (non-hydrogen) atoms. The average Bonchev–Trinajstić information content (AvgIpc) is 2.08. The zero-order valence-electron chi connectivity index (χ0n) is 7.03. The van der Waals surface area contributed by atoms with Crippen molar-refractivity contribution in [1.29, 1.82) is 0 Å². The Bertz CT molecular complexity index is 237. The third-order valence-corrected chi connectivity index (χ3v) is 3.40. The van der Waals surface area contributed by atoms with Gasteiger partial charge >= 0.3 is 0 Å². The molecule has 0 radical (unpaired) electrons. The minimum absolute atomic E-state index is 0.264. The fourth-order valence-electron chi connectivity index (χ4n) is 1.41. The van der Waals surface area contributed by atoms with Gasteiger partial charge in [0.15, 0.2) is 9.84 Å². The van der Waals surface area contributed by atoms with Gasteiger partial charge in [-0.3, -0.25) is 5.43 Å². The molecule has 2 unspecified atom stereocenters. The normalized spacial score (nSPS) is 34.5. The van der Waals surface area contributed by atoms with Gasteiger partial charge in [-0.25, -0.2) is 13.4 Å². The lowest BCUT2D eigenvalue weighted by Gasteiger charge is -2.16. The maximum absolute atomic E-state index is 11.1. The molecule has 0 aromatic rings. The SMILES string of the molecule is CC1CC(S(C)(=O)=O)N(C)N1. The van der Waals surface area contributed by atoms with E-state index in [1.165, 1.54) is 6.26 Å². The molecule has 0 bridgehead atoms. The van der Waals surface area contributed by atoms with E-state index in [9.17, 15) is 8.42 Å². The lowest BCUT2D eigenvalue weighted by atomic mass is 10.3. The molecule has 2 atom stereocenters. The summed E-state index contributed by atoms with van der Waals surface area (Å²) in [5.41, 5.74) is 3.03. The van der Waals surface area contributed by atoms with E-state index >= 15 is 0 Å². The predicted molar refractivity (Wildman–Crippen MR) is 43.6 cm³/mol. The number of hydrogen-bond donors (Lipinski definition) is 1. The summed E-state index contributed by atoms with van der Waals surface area (Å²) in [6, 6.07) is 0.264. The van der Waals surface area contributed by atoms with Crippen LogP contribution in [0.3, 0.4) is 0 Å². The van der Waals surface area contributed by atoms with E-state index in [2.05, 4.69) is 5.43 Å². The van der Waals surface area contributed by atoms with Crippen LogP contribution in [-0.2, 0) is 9.84 Å². The molecule has 1 aliphatic heterocycles. The van der Waals surface area contributed by atoms with Crippen LogP contribution < -0.4 is 5.43 Å². The van der Waals surface area contributed by atoms with Gasteiger partial charge in [0.05, 0.1) is 0 Å². The van der Waals surface area contributed by atoms with Crippen LogP contribution in [0.1, 0.15) is 13.3 Å². The van der Waals surface area contributed by atoms with Crippen molar-refractivity contribution in [1.82, 2.24) is 10.4 Å². The number of rotatable bonds is 1. The Balaban J connectivity index is 2.76. The highest BCUT2D eigenvalue weighted by atomic mass is 32.2. The minimum Gasteiger partial charge on any atom is -0.251 e. The van der Waals surface area contributed by atoms with Crippen molar-refractivity contribution >= 4 is 9.84 Å². The molecule has 0 aromatic heterocycles. The van der Waals surface area contributed by atoms with Gasteiger partial charge in [0.1, 0.15) is 5.37 Å². The smallest absolute Gasteiger partial charge is 0.164 e. The van der Waals surface area contributed by atoms with Crippen LogP contribution in [0.25, 0.3) is 0 Å². The summed E-state index contributed by atoms with van der Waals surface area (Å²) in [6.45, 7) is 1.97. The van der Waals surface area contributed by atoms with Gasteiger partial charge in [0.2, 0.25) is 0 Å². The largest absolute Gasteiger partial charge is 0.251 e. The van der Waals surface area contributed by atoms with Gasteiger partial charge < -0.3 is 0 Å². The highest BCUT2D eigenvalue weighted by Gasteiger charge is 2.33. The molecule has 5 heteroatoms. The molecule has 1 N–H and O–H groups in total. The lowest BCUT2D eigenvalue weighted by Crippen LogP contribution is -2.38. The van der Waals surface area contributed by atoms with Crippen molar-refractivity contribution in [2.75, 3.05) is 13.3 Å². The van der Waals surface area contributed by atoms with Crippen LogP contribution in [0.2, 0.25) is 0 Å². The van der Waals surface area contributed by atoms with Crippen LogP contribution >= 0.6 is 0 Å². The molecular weight excluding hydrogens is 164 g/mol. The monoisotopic (exact) mass is 178 g/mol. The Morgan fingerprint density at radius 3 is 2.27 bits per heavy atom. The van der Waals surface area contributed by atoms with Gasteiger partial charge in [0.25, 0.3) is 0 Å². The van der Waals surface area contributed by atoms with E-state index in [0.29, 0.717) is 6.42 Å². The Labute approximate surface area is 67.5 Å². The topological polar surface area (TPSA) is 49.4 Å². The first-order chi connectivity index (χ1) is 4.91. The third kappa shape index (κ3) is 1.91. The average molecular weight is 178 g/mol. The summed E-state index contributed by atoms with van der Waals surface area (Å²) < 4.78 is 22.2. The summed E-state index contributed by atoms with van der Waals surface area (Å²) in [7, 11) is -1.16. The van der Waals surface area contributed by atoms with Gasteiger partial charge in [0, 0.05) is 19.3 Å². The summed E-state index contributed by atoms with van der Waals surface area (Å²) in [6.07, 6.45) is 1.95. The van der Waals surface area contributed by atoms with Crippen molar-refractivity contribution in [2.45, 2.75) is 24.8 Å². The standard InChI is InChI=1S/C6H14N2O2S/c1-5-4-6(8(2)7-5)11(3,9)10/h5-7H,4H2,1-3H3. The van der Waals surface area contributed by atoms with Gasteiger partial charge in [-0.2, -0.15) is 0 Å². The molecule has 0 aliphatic carbocycles. The molecule has 0 amide bonds. The second-order valence-corrected chi connectivity index (χ2v) is 5.36. The molecule has 1 heterocycles. The first kappa shape index (κ1) is 8.96. The fourth-order valence-corrected chi connectivity index (χ4v) is 2.68. The predicted octanol–water partition coefficient (Wildman–Crippen LogP) is -0.414. The number of sulfone groups is 1. The van der Waals surface area contributed by atoms with E-state index in [-0.39, 0.29) is 11.4 Å². The van der Waals surface area contributed by atoms with Gasteiger partial charge in [-0.15, -0.1) is 0 Å². The highest BCUT2D eigenvalue weighted by molar-refractivity contribution is 7.91. The Morgan fingerprint density at radius 2 is 2.09 bits per heavy atom. The zero-order chi connectivity index (χ0) is 8.65. The maximum Gasteiger partial charge on any atom is 0.164 e. The molecule has 66 valence electrons. The van der Waals surface area contributed by atoms with Gasteiger partial charge in [-0.1, -0.05) is 0 Å². The summed E-state index contributed by atoms with van der Waals surface area (Å²) in [5, 5.41) is 1.32. The van der Waals surface area contributed by atoms with Crippen molar-refractivity contribution in [3.63, 3.8) is 0 Å². The number of nitrogens with one attached hydrogen (secondary N) is 1. The molecule has 1 fully saturated rings. The minimum atomic E-state index is -2.92. The Hall–Kier alpha value is -0.130. The highest BCUT2D eigenvalue weighted by Crippen LogP contribution is 2.16. The van der Waals surface area contributed by atoms with Crippen LogP contribution in [0.4, 0.5) is 0 Å². The molecule has 0 saturated carbocycles. The number of nitrogens with zero attached hydrogens (tertiary/aromatic N) is 1. The summed E-state index contributed by atoms with van der Waals surface area (Å²) in [4.78, 5) is 0. The quantitative estimate of drug-likeness (QED) is 0.593. The first-order valence-corrected chi connectivity index (χ1v) is 5.54. The molecule has 4 nitrogen and oxygen atoms in total.